The van der Waals surface area contributed by atoms with Crippen LogP contribution in [0.3, 0.4) is 0 Å². The van der Waals surface area contributed by atoms with Gasteiger partial charge in [-0.25, -0.2) is 0 Å². The molecule has 0 bridgehead atoms. The molecule has 3 N–H and O–H groups in total. The standard InChI is InChI=1S/C12H21N3OS.HI/c1-9(11-5-4-6-17-11)7-14-12(13)15-10(2)8-16-3;/h4-6,9-10H,7-8H2,1-3H3,(H3,13,14,15);1H. The third kappa shape index (κ3) is 6.55. The summed E-state index contributed by atoms with van der Waals surface area (Å²) in [6.07, 6.45) is 0. The van der Waals surface area contributed by atoms with Gasteiger partial charge in [0.25, 0.3) is 0 Å². The highest BCUT2D eigenvalue weighted by atomic mass is 127. The Morgan fingerprint density at radius 1 is 1.56 bits per heavy atom. The van der Waals surface area contributed by atoms with Crippen LogP contribution in [0.25, 0.3) is 0 Å². The molecule has 2 atom stereocenters. The van der Waals surface area contributed by atoms with E-state index >= 15 is 0 Å². The van der Waals surface area contributed by atoms with Crippen molar-refractivity contribution in [3.05, 3.63) is 22.4 Å². The first-order valence-corrected chi connectivity index (χ1v) is 6.60. The van der Waals surface area contributed by atoms with Crippen molar-refractivity contribution in [3.63, 3.8) is 0 Å². The number of guanidine groups is 1. The van der Waals surface area contributed by atoms with E-state index in [9.17, 15) is 0 Å². The quantitative estimate of drug-likeness (QED) is 0.451. The molecule has 1 aromatic heterocycles. The van der Waals surface area contributed by atoms with E-state index in [1.54, 1.807) is 18.4 Å². The van der Waals surface area contributed by atoms with E-state index in [2.05, 4.69) is 34.7 Å². The lowest BCUT2D eigenvalue weighted by molar-refractivity contribution is 0.179. The first-order valence-electron chi connectivity index (χ1n) is 5.72. The highest BCUT2D eigenvalue weighted by Crippen LogP contribution is 2.20. The number of nitrogens with one attached hydrogen (secondary N) is 1. The number of methoxy groups -OCH3 is 1. The van der Waals surface area contributed by atoms with Crippen molar-refractivity contribution < 1.29 is 4.74 Å². The molecule has 1 aromatic rings. The molecule has 0 aliphatic heterocycles. The van der Waals surface area contributed by atoms with Gasteiger partial charge in [-0.05, 0) is 18.4 Å². The number of nitrogens with two attached hydrogens (primary N) is 1. The molecule has 1 rings (SSSR count). The lowest BCUT2D eigenvalue weighted by atomic mass is 10.1. The minimum atomic E-state index is 0. The van der Waals surface area contributed by atoms with Crippen molar-refractivity contribution >= 4 is 41.3 Å². The molecule has 0 saturated heterocycles. The fourth-order valence-corrected chi connectivity index (χ4v) is 2.26. The summed E-state index contributed by atoms with van der Waals surface area (Å²) in [7, 11) is 1.67. The Morgan fingerprint density at radius 3 is 2.83 bits per heavy atom. The van der Waals surface area contributed by atoms with Crippen LogP contribution in [-0.2, 0) is 4.74 Å². The van der Waals surface area contributed by atoms with Gasteiger partial charge < -0.3 is 15.8 Å². The predicted molar refractivity (Wildman–Crippen MR) is 89.1 cm³/mol. The molecule has 6 heteroatoms. The Labute approximate surface area is 130 Å². The smallest absolute Gasteiger partial charge is 0.188 e. The van der Waals surface area contributed by atoms with Gasteiger partial charge in [-0.1, -0.05) is 13.0 Å². The van der Waals surface area contributed by atoms with Gasteiger partial charge in [0, 0.05) is 23.9 Å². The Bertz CT molecular complexity index is 343. The van der Waals surface area contributed by atoms with Gasteiger partial charge in [0.2, 0.25) is 0 Å². The summed E-state index contributed by atoms with van der Waals surface area (Å²) in [5.41, 5.74) is 5.79. The third-order valence-corrected chi connectivity index (χ3v) is 3.48. The Hall–Kier alpha value is -0.340. The van der Waals surface area contributed by atoms with E-state index in [4.69, 9.17) is 10.5 Å². The first-order chi connectivity index (χ1) is 8.13. The van der Waals surface area contributed by atoms with E-state index in [0.29, 0.717) is 25.0 Å². The zero-order valence-electron chi connectivity index (χ0n) is 11.1. The SMILES string of the molecule is COCC(C)NC(N)=NCC(C)c1cccs1.I. The summed E-state index contributed by atoms with van der Waals surface area (Å²) in [6, 6.07) is 4.37. The second kappa shape index (κ2) is 9.57. The normalized spacial score (nSPS) is 14.7. The maximum absolute atomic E-state index is 5.79. The zero-order valence-corrected chi connectivity index (χ0v) is 14.2. The molecule has 104 valence electrons. The van der Waals surface area contributed by atoms with Crippen LogP contribution in [0.2, 0.25) is 0 Å². The summed E-state index contributed by atoms with van der Waals surface area (Å²) in [6.45, 7) is 5.49. The van der Waals surface area contributed by atoms with Crippen molar-refractivity contribution in [2.45, 2.75) is 25.8 Å². The van der Waals surface area contributed by atoms with Crippen molar-refractivity contribution in [2.24, 2.45) is 10.7 Å². The van der Waals surface area contributed by atoms with Crippen LogP contribution in [0.1, 0.15) is 24.6 Å². The predicted octanol–water partition coefficient (Wildman–Crippen LogP) is 2.41. The summed E-state index contributed by atoms with van der Waals surface area (Å²) < 4.78 is 5.02. The van der Waals surface area contributed by atoms with E-state index in [1.807, 2.05) is 6.92 Å². The highest BCUT2D eigenvalue weighted by molar-refractivity contribution is 14.0. The fraction of sp³-hybridized carbons (Fsp3) is 0.583. The van der Waals surface area contributed by atoms with Crippen LogP contribution in [0.4, 0.5) is 0 Å². The van der Waals surface area contributed by atoms with Gasteiger partial charge in [-0.3, -0.25) is 4.99 Å². The molecule has 0 aromatic carbocycles. The van der Waals surface area contributed by atoms with Gasteiger partial charge in [-0.15, -0.1) is 35.3 Å². The monoisotopic (exact) mass is 383 g/mol. The third-order valence-electron chi connectivity index (χ3n) is 2.38. The van der Waals surface area contributed by atoms with Crippen LogP contribution in [0, 0.1) is 0 Å². The second-order valence-corrected chi connectivity index (χ2v) is 5.12. The van der Waals surface area contributed by atoms with Crippen molar-refractivity contribution in [3.8, 4) is 0 Å². The first kappa shape index (κ1) is 17.7. The summed E-state index contributed by atoms with van der Waals surface area (Å²) >= 11 is 1.75. The number of halogens is 1. The fourth-order valence-electron chi connectivity index (χ4n) is 1.49. The summed E-state index contributed by atoms with van der Waals surface area (Å²) in [4.78, 5) is 5.68. The molecule has 1 heterocycles. The van der Waals surface area contributed by atoms with Crippen LogP contribution >= 0.6 is 35.3 Å². The molecule has 0 saturated carbocycles. The summed E-state index contributed by atoms with van der Waals surface area (Å²) in [5, 5.41) is 5.17. The maximum atomic E-state index is 5.79. The number of ether oxygens (including phenoxy) is 1. The number of rotatable bonds is 6. The molecule has 0 radical (unpaired) electrons. The second-order valence-electron chi connectivity index (χ2n) is 4.14. The van der Waals surface area contributed by atoms with Crippen molar-refractivity contribution in [1.29, 1.82) is 0 Å². The van der Waals surface area contributed by atoms with E-state index in [1.165, 1.54) is 4.88 Å². The lowest BCUT2D eigenvalue weighted by Gasteiger charge is -2.14. The van der Waals surface area contributed by atoms with Crippen LogP contribution in [0.5, 0.6) is 0 Å². The Kier molecular flexibility index (Phi) is 9.39. The topological polar surface area (TPSA) is 59.6 Å². The number of thiophene rings is 1. The van der Waals surface area contributed by atoms with Gasteiger partial charge in [0.1, 0.15) is 0 Å². The largest absolute Gasteiger partial charge is 0.383 e. The number of aliphatic imine (C=N–C) groups is 1. The number of nitrogens with zero attached hydrogens (tertiary/aromatic N) is 1. The van der Waals surface area contributed by atoms with Crippen LogP contribution in [-0.4, -0.2) is 32.3 Å². The Morgan fingerprint density at radius 2 is 2.28 bits per heavy atom. The maximum Gasteiger partial charge on any atom is 0.188 e. The van der Waals surface area contributed by atoms with Crippen molar-refractivity contribution in [1.82, 2.24) is 5.32 Å². The van der Waals surface area contributed by atoms with Crippen molar-refractivity contribution in [2.75, 3.05) is 20.3 Å². The molecule has 4 nitrogen and oxygen atoms in total. The van der Waals surface area contributed by atoms with Gasteiger partial charge in [0.05, 0.1) is 13.2 Å². The van der Waals surface area contributed by atoms with Crippen LogP contribution < -0.4 is 11.1 Å². The lowest BCUT2D eigenvalue weighted by Crippen LogP contribution is -2.40. The van der Waals surface area contributed by atoms with E-state index in [0.717, 1.165) is 0 Å². The molecule has 0 spiro atoms. The minimum absolute atomic E-state index is 0. The molecular weight excluding hydrogens is 361 g/mol. The van der Waals surface area contributed by atoms with Crippen LogP contribution in [0.15, 0.2) is 22.5 Å². The van der Waals surface area contributed by atoms with Gasteiger partial charge in [0.15, 0.2) is 5.96 Å². The molecule has 0 fully saturated rings. The molecule has 0 aliphatic rings. The number of hydrogen-bond acceptors (Lipinski definition) is 3. The average molecular weight is 383 g/mol. The average Bonchev–Trinajstić information content (AvgIpc) is 2.79. The summed E-state index contributed by atoms with van der Waals surface area (Å²) in [5.74, 6) is 0.894. The van der Waals surface area contributed by atoms with Gasteiger partial charge in [-0.2, -0.15) is 0 Å². The highest BCUT2D eigenvalue weighted by Gasteiger charge is 2.06. The van der Waals surface area contributed by atoms with E-state index < -0.39 is 0 Å². The molecule has 2 unspecified atom stereocenters. The zero-order chi connectivity index (χ0) is 12.7. The minimum Gasteiger partial charge on any atom is -0.383 e. The van der Waals surface area contributed by atoms with Gasteiger partial charge >= 0.3 is 0 Å². The Balaban J connectivity index is 0.00000289. The number of hydrogen-bond donors (Lipinski definition) is 2. The molecule has 18 heavy (non-hydrogen) atoms. The van der Waals surface area contributed by atoms with E-state index in [-0.39, 0.29) is 30.0 Å². The molecule has 0 amide bonds. The molecule has 0 aliphatic carbocycles. The molecular formula is C12H22IN3OS.